The lowest BCUT2D eigenvalue weighted by Gasteiger charge is -2.21. The first-order chi connectivity index (χ1) is 9.27. The minimum absolute atomic E-state index is 0.159. The standard InChI is InChI=1S/C13H13F3N2O2/c1-9(12(19)18(2)8-7-17)20-11-6-4-3-5-10(11)13(14,15)16/h3-6,9H,8H2,1-2H3/t9-/m0/s1. The third kappa shape index (κ3) is 3.88. The number of alkyl halides is 3. The van der Waals surface area contributed by atoms with Gasteiger partial charge in [-0.25, -0.2) is 0 Å². The van der Waals surface area contributed by atoms with Gasteiger partial charge in [0.15, 0.2) is 6.10 Å². The van der Waals surface area contributed by atoms with E-state index >= 15 is 0 Å². The van der Waals surface area contributed by atoms with Crippen molar-refractivity contribution in [2.24, 2.45) is 0 Å². The maximum absolute atomic E-state index is 12.8. The van der Waals surface area contributed by atoms with E-state index in [2.05, 4.69) is 0 Å². The molecular formula is C13H13F3N2O2. The number of amides is 1. The van der Waals surface area contributed by atoms with Gasteiger partial charge in [-0.05, 0) is 19.1 Å². The van der Waals surface area contributed by atoms with E-state index < -0.39 is 29.5 Å². The monoisotopic (exact) mass is 286 g/mol. The summed E-state index contributed by atoms with van der Waals surface area (Å²) in [7, 11) is 1.38. The van der Waals surface area contributed by atoms with Crippen LogP contribution in [0.5, 0.6) is 5.75 Å². The largest absolute Gasteiger partial charge is 0.480 e. The number of hydrogen-bond donors (Lipinski definition) is 0. The van der Waals surface area contributed by atoms with E-state index in [9.17, 15) is 18.0 Å². The highest BCUT2D eigenvalue weighted by atomic mass is 19.4. The molecule has 0 N–H and O–H groups in total. The molecule has 0 fully saturated rings. The molecule has 1 aromatic carbocycles. The van der Waals surface area contributed by atoms with Crippen LogP contribution in [0.2, 0.25) is 0 Å². The molecule has 0 aliphatic carbocycles. The molecule has 0 heterocycles. The number of likely N-dealkylation sites (N-methyl/N-ethyl adjacent to an activating group) is 1. The van der Waals surface area contributed by atoms with Gasteiger partial charge in [-0.2, -0.15) is 18.4 Å². The summed E-state index contributed by atoms with van der Waals surface area (Å²) in [5.74, 6) is -0.977. The Hall–Kier alpha value is -2.23. The number of ether oxygens (including phenoxy) is 1. The lowest BCUT2D eigenvalue weighted by Crippen LogP contribution is -2.38. The topological polar surface area (TPSA) is 53.3 Å². The number of carbonyl (C=O) groups is 1. The van der Waals surface area contributed by atoms with Crippen LogP contribution >= 0.6 is 0 Å². The quantitative estimate of drug-likeness (QED) is 0.799. The predicted molar refractivity (Wildman–Crippen MR) is 64.8 cm³/mol. The molecule has 1 rings (SSSR count). The molecule has 0 radical (unpaired) electrons. The fourth-order valence-corrected chi connectivity index (χ4v) is 1.54. The first-order valence-corrected chi connectivity index (χ1v) is 5.72. The van der Waals surface area contributed by atoms with Gasteiger partial charge in [-0.1, -0.05) is 12.1 Å². The fraction of sp³-hybridized carbons (Fsp3) is 0.385. The molecule has 0 aliphatic heterocycles. The van der Waals surface area contributed by atoms with E-state index in [0.717, 1.165) is 17.0 Å². The zero-order valence-corrected chi connectivity index (χ0v) is 10.9. The van der Waals surface area contributed by atoms with Crippen LogP contribution in [0.25, 0.3) is 0 Å². The summed E-state index contributed by atoms with van der Waals surface area (Å²) in [5, 5.41) is 8.47. The molecule has 0 saturated carbocycles. The number of halogens is 3. The minimum atomic E-state index is -4.56. The van der Waals surface area contributed by atoms with Crippen LogP contribution in [0.3, 0.4) is 0 Å². The molecule has 0 bridgehead atoms. The van der Waals surface area contributed by atoms with Crippen molar-refractivity contribution in [1.82, 2.24) is 4.90 Å². The van der Waals surface area contributed by atoms with Crippen molar-refractivity contribution < 1.29 is 22.7 Å². The number of carbonyl (C=O) groups excluding carboxylic acids is 1. The number of benzene rings is 1. The molecule has 0 aromatic heterocycles. The molecule has 0 unspecified atom stereocenters. The zero-order chi connectivity index (χ0) is 15.3. The zero-order valence-electron chi connectivity index (χ0n) is 10.9. The Morgan fingerprint density at radius 1 is 1.45 bits per heavy atom. The van der Waals surface area contributed by atoms with Crippen LogP contribution in [0, 0.1) is 11.3 Å². The molecule has 0 spiro atoms. The number of hydrogen-bond acceptors (Lipinski definition) is 3. The maximum atomic E-state index is 12.8. The Morgan fingerprint density at radius 2 is 2.05 bits per heavy atom. The van der Waals surface area contributed by atoms with Crippen molar-refractivity contribution in [2.45, 2.75) is 19.2 Å². The van der Waals surface area contributed by atoms with Crippen molar-refractivity contribution in [3.63, 3.8) is 0 Å². The molecule has 20 heavy (non-hydrogen) atoms. The second kappa shape index (κ2) is 6.28. The van der Waals surface area contributed by atoms with Crippen LogP contribution < -0.4 is 4.74 Å². The van der Waals surface area contributed by atoms with Gasteiger partial charge in [-0.3, -0.25) is 4.79 Å². The first-order valence-electron chi connectivity index (χ1n) is 5.72. The summed E-state index contributed by atoms with van der Waals surface area (Å²) in [6.45, 7) is 1.18. The molecule has 0 aliphatic rings. The first kappa shape index (κ1) is 15.8. The minimum Gasteiger partial charge on any atom is -0.480 e. The third-order valence-electron chi connectivity index (χ3n) is 2.53. The van der Waals surface area contributed by atoms with Crippen molar-refractivity contribution in [2.75, 3.05) is 13.6 Å². The van der Waals surface area contributed by atoms with Gasteiger partial charge in [0.1, 0.15) is 12.3 Å². The summed E-state index contributed by atoms with van der Waals surface area (Å²) in [4.78, 5) is 12.9. The lowest BCUT2D eigenvalue weighted by atomic mass is 10.2. The number of rotatable bonds is 4. The van der Waals surface area contributed by atoms with E-state index in [1.165, 1.54) is 26.1 Å². The summed E-state index contributed by atoms with van der Waals surface area (Å²) in [5.41, 5.74) is -0.942. The fourth-order valence-electron chi connectivity index (χ4n) is 1.54. The smallest absolute Gasteiger partial charge is 0.419 e. The normalized spacial score (nSPS) is 12.4. The molecule has 1 amide bonds. The summed E-state index contributed by atoms with van der Waals surface area (Å²) >= 11 is 0. The highest BCUT2D eigenvalue weighted by Crippen LogP contribution is 2.36. The van der Waals surface area contributed by atoms with Crippen LogP contribution in [-0.2, 0) is 11.0 Å². The molecule has 108 valence electrons. The predicted octanol–water partition coefficient (Wildman–Crippen LogP) is 2.45. The third-order valence-corrected chi connectivity index (χ3v) is 2.53. The highest BCUT2D eigenvalue weighted by Gasteiger charge is 2.35. The van der Waals surface area contributed by atoms with Crippen molar-refractivity contribution in [3.05, 3.63) is 29.8 Å². The van der Waals surface area contributed by atoms with Gasteiger partial charge in [0.25, 0.3) is 5.91 Å². The van der Waals surface area contributed by atoms with Crippen LogP contribution in [0.1, 0.15) is 12.5 Å². The van der Waals surface area contributed by atoms with Gasteiger partial charge in [0.05, 0.1) is 11.6 Å². The van der Waals surface area contributed by atoms with Crippen LogP contribution in [0.15, 0.2) is 24.3 Å². The molecule has 0 saturated heterocycles. The van der Waals surface area contributed by atoms with Crippen LogP contribution in [-0.4, -0.2) is 30.5 Å². The van der Waals surface area contributed by atoms with E-state index in [-0.39, 0.29) is 6.54 Å². The molecular weight excluding hydrogens is 273 g/mol. The van der Waals surface area contributed by atoms with E-state index in [1.807, 2.05) is 0 Å². The Bertz CT molecular complexity index is 523. The van der Waals surface area contributed by atoms with Crippen LogP contribution in [0.4, 0.5) is 13.2 Å². The van der Waals surface area contributed by atoms with Gasteiger partial charge in [0, 0.05) is 7.05 Å². The summed E-state index contributed by atoms with van der Waals surface area (Å²) in [6.07, 6.45) is -5.67. The maximum Gasteiger partial charge on any atom is 0.419 e. The molecule has 4 nitrogen and oxygen atoms in total. The van der Waals surface area contributed by atoms with E-state index in [0.29, 0.717) is 0 Å². The lowest BCUT2D eigenvalue weighted by molar-refractivity contribution is -0.142. The summed E-state index contributed by atoms with van der Waals surface area (Å²) < 4.78 is 43.4. The molecule has 1 atom stereocenters. The average Bonchev–Trinajstić information content (AvgIpc) is 2.37. The van der Waals surface area contributed by atoms with Gasteiger partial charge in [-0.15, -0.1) is 0 Å². The Morgan fingerprint density at radius 3 is 2.60 bits per heavy atom. The second-order valence-corrected chi connectivity index (χ2v) is 4.11. The number of nitrogens with zero attached hydrogens (tertiary/aromatic N) is 2. The van der Waals surface area contributed by atoms with E-state index in [4.69, 9.17) is 10.00 Å². The van der Waals surface area contributed by atoms with Crippen molar-refractivity contribution in [1.29, 1.82) is 5.26 Å². The number of nitriles is 1. The number of para-hydroxylation sites is 1. The Labute approximate surface area is 114 Å². The molecule has 1 aromatic rings. The van der Waals surface area contributed by atoms with Gasteiger partial charge >= 0.3 is 6.18 Å². The molecule has 7 heteroatoms. The van der Waals surface area contributed by atoms with Gasteiger partial charge < -0.3 is 9.64 Å². The van der Waals surface area contributed by atoms with Crippen molar-refractivity contribution in [3.8, 4) is 11.8 Å². The average molecular weight is 286 g/mol. The van der Waals surface area contributed by atoms with E-state index in [1.54, 1.807) is 6.07 Å². The van der Waals surface area contributed by atoms with Gasteiger partial charge in [0.2, 0.25) is 0 Å². The second-order valence-electron chi connectivity index (χ2n) is 4.11. The summed E-state index contributed by atoms with van der Waals surface area (Å²) in [6, 6.07) is 6.43. The van der Waals surface area contributed by atoms with Crippen molar-refractivity contribution >= 4 is 5.91 Å². The SMILES string of the molecule is C[C@H](Oc1ccccc1C(F)(F)F)C(=O)N(C)CC#N. The Kier molecular flexibility index (Phi) is 4.97. The Balaban J connectivity index is 2.89. The highest BCUT2D eigenvalue weighted by molar-refractivity contribution is 5.80.